The van der Waals surface area contributed by atoms with Crippen molar-refractivity contribution >= 4 is 23.0 Å². The molecular formula is C32H38N8O2. The van der Waals surface area contributed by atoms with Crippen molar-refractivity contribution in [3.63, 3.8) is 0 Å². The second-order valence-electron chi connectivity index (χ2n) is 12.8. The van der Waals surface area contributed by atoms with E-state index in [-0.39, 0.29) is 17.9 Å². The molecule has 6 heterocycles. The van der Waals surface area contributed by atoms with Gasteiger partial charge in [0.2, 0.25) is 0 Å². The fraction of sp³-hybridized carbons (Fsp3) is 0.406. The molecule has 218 valence electrons. The Balaban J connectivity index is 1.20. The van der Waals surface area contributed by atoms with Crippen LogP contribution in [0.15, 0.2) is 54.8 Å². The minimum Gasteiger partial charge on any atom is -0.392 e. The Labute approximate surface area is 246 Å². The van der Waals surface area contributed by atoms with E-state index in [2.05, 4.69) is 59.4 Å². The molecule has 10 nitrogen and oxygen atoms in total. The molecule has 0 fully saturated rings. The van der Waals surface area contributed by atoms with Gasteiger partial charge in [-0.2, -0.15) is 5.10 Å². The molecule has 4 aliphatic rings. The number of aliphatic hydroxyl groups is 1. The highest BCUT2D eigenvalue weighted by Gasteiger charge is 2.37. The van der Waals surface area contributed by atoms with Crippen molar-refractivity contribution in [2.24, 2.45) is 5.41 Å². The highest BCUT2D eigenvalue weighted by molar-refractivity contribution is 6.07. The predicted molar refractivity (Wildman–Crippen MR) is 163 cm³/mol. The van der Waals surface area contributed by atoms with E-state index in [1.807, 2.05) is 28.9 Å². The number of carbonyl (C=O) groups is 1. The second-order valence-corrected chi connectivity index (χ2v) is 12.8. The largest absolute Gasteiger partial charge is 0.392 e. The first-order valence-electron chi connectivity index (χ1n) is 14.6. The zero-order valence-corrected chi connectivity index (χ0v) is 24.8. The zero-order chi connectivity index (χ0) is 29.3. The summed E-state index contributed by atoms with van der Waals surface area (Å²) in [5, 5.41) is 18.9. The smallest absolute Gasteiger partial charge is 0.275 e. The Kier molecular flexibility index (Phi) is 6.18. The minimum absolute atomic E-state index is 0.0440. The van der Waals surface area contributed by atoms with Crippen molar-refractivity contribution in [3.05, 3.63) is 88.5 Å². The number of carbonyl (C=O) groups excluding carboxylic acids is 1. The van der Waals surface area contributed by atoms with Crippen LogP contribution in [0, 0.1) is 5.41 Å². The summed E-state index contributed by atoms with van der Waals surface area (Å²) in [6, 6.07) is 4.16. The predicted octanol–water partition coefficient (Wildman–Crippen LogP) is 3.60. The van der Waals surface area contributed by atoms with Gasteiger partial charge in [0.05, 0.1) is 42.1 Å². The van der Waals surface area contributed by atoms with Gasteiger partial charge in [-0.1, -0.05) is 20.4 Å². The maximum atomic E-state index is 13.8. The summed E-state index contributed by atoms with van der Waals surface area (Å²) >= 11 is 0. The number of hydrogen-bond acceptors (Lipinski definition) is 7. The van der Waals surface area contributed by atoms with Crippen LogP contribution < -0.4 is 10.2 Å². The van der Waals surface area contributed by atoms with Crippen LogP contribution in [-0.2, 0) is 39.1 Å². The molecular weight excluding hydrogens is 528 g/mol. The molecule has 3 aromatic rings. The molecule has 0 saturated carbocycles. The molecule has 2 N–H and O–H groups in total. The second kappa shape index (κ2) is 9.71. The lowest BCUT2D eigenvalue weighted by atomic mass is 9.90. The third-order valence-electron chi connectivity index (χ3n) is 9.04. The van der Waals surface area contributed by atoms with Gasteiger partial charge in [0.15, 0.2) is 5.82 Å². The van der Waals surface area contributed by atoms with E-state index in [0.717, 1.165) is 73.1 Å². The number of aliphatic hydroxyl groups excluding tert-OH is 1. The lowest BCUT2D eigenvalue weighted by Gasteiger charge is -2.32. The summed E-state index contributed by atoms with van der Waals surface area (Å²) in [6.07, 6.45) is 9.43. The van der Waals surface area contributed by atoms with Crippen molar-refractivity contribution in [3.8, 4) is 0 Å². The van der Waals surface area contributed by atoms with Crippen LogP contribution in [0.3, 0.4) is 0 Å². The van der Waals surface area contributed by atoms with E-state index in [0.29, 0.717) is 17.8 Å². The molecule has 7 rings (SSSR count). The summed E-state index contributed by atoms with van der Waals surface area (Å²) < 4.78 is 4.25. The summed E-state index contributed by atoms with van der Waals surface area (Å²) in [6.45, 7) is 12.6. The van der Waals surface area contributed by atoms with Gasteiger partial charge in [-0.25, -0.2) is 0 Å². The number of aromatic nitrogens is 4. The molecule has 1 aliphatic carbocycles. The normalized spacial score (nSPS) is 19.8. The van der Waals surface area contributed by atoms with Gasteiger partial charge >= 0.3 is 0 Å². The number of allylic oxidation sites excluding steroid dienone is 2. The van der Waals surface area contributed by atoms with Crippen molar-refractivity contribution in [2.75, 3.05) is 37.4 Å². The maximum absolute atomic E-state index is 13.8. The van der Waals surface area contributed by atoms with Gasteiger partial charge < -0.3 is 24.8 Å². The standard InChI is InChI=1S/C32H38N8O2/c1-20-26(34-30-12-23-18-36(4)6-9-40(23)35-30)10-22(17-37(20)5)24-15-33-16-29(25(24)19-41)39-8-7-38-27(31(39)42)11-21-13-32(2,3)14-28(21)38/h10-12,15-17,41H,1,6-9,13-14,18-19H2,2-5H3,(H,34,35). The van der Waals surface area contributed by atoms with Gasteiger partial charge in [0.25, 0.3) is 5.91 Å². The summed E-state index contributed by atoms with van der Waals surface area (Å²) in [7, 11) is 4.06. The SMILES string of the molecule is C=C1C(Nc2cc3n(n2)CCN(C)C3)=CC(c2cncc(N3CCn4c(cc5c4CC(C)(C)C5)C3=O)c2CO)=CN1C. The van der Waals surface area contributed by atoms with Crippen LogP contribution in [0.5, 0.6) is 0 Å². The Morgan fingerprint density at radius 1 is 1.10 bits per heavy atom. The molecule has 0 atom stereocenters. The van der Waals surface area contributed by atoms with Gasteiger partial charge in [-0.3, -0.25) is 19.4 Å². The monoisotopic (exact) mass is 566 g/mol. The first-order chi connectivity index (χ1) is 20.1. The number of hydrogen-bond donors (Lipinski definition) is 2. The van der Waals surface area contributed by atoms with E-state index >= 15 is 0 Å². The summed E-state index contributed by atoms with van der Waals surface area (Å²) in [4.78, 5) is 24.4. The first-order valence-corrected chi connectivity index (χ1v) is 14.6. The van der Waals surface area contributed by atoms with Gasteiger partial charge in [-0.05, 0) is 43.0 Å². The third-order valence-corrected chi connectivity index (χ3v) is 9.04. The summed E-state index contributed by atoms with van der Waals surface area (Å²) in [5.41, 5.74) is 9.29. The van der Waals surface area contributed by atoms with E-state index < -0.39 is 0 Å². The Hall–Kier alpha value is -4.15. The van der Waals surface area contributed by atoms with Crippen LogP contribution in [-0.4, -0.2) is 67.3 Å². The van der Waals surface area contributed by atoms with Crippen LogP contribution in [0.4, 0.5) is 11.5 Å². The molecule has 3 aromatic heterocycles. The number of pyridine rings is 1. The van der Waals surface area contributed by atoms with Crippen LogP contribution >= 0.6 is 0 Å². The van der Waals surface area contributed by atoms with E-state index in [1.54, 1.807) is 17.3 Å². The Bertz CT molecular complexity index is 1690. The third kappa shape index (κ3) is 4.37. The Morgan fingerprint density at radius 2 is 1.93 bits per heavy atom. The molecule has 0 radical (unpaired) electrons. The fourth-order valence-corrected chi connectivity index (χ4v) is 6.87. The van der Waals surface area contributed by atoms with Gasteiger partial charge in [0.1, 0.15) is 5.69 Å². The first kappa shape index (κ1) is 26.7. The topological polar surface area (TPSA) is 94.7 Å². The average Bonchev–Trinajstić information content (AvgIpc) is 3.60. The number of amides is 1. The molecule has 0 aromatic carbocycles. The lowest BCUT2D eigenvalue weighted by Crippen LogP contribution is -2.41. The molecule has 0 unspecified atom stereocenters. The van der Waals surface area contributed by atoms with Gasteiger partial charge in [-0.15, -0.1) is 0 Å². The molecule has 1 amide bonds. The molecule has 0 bridgehead atoms. The van der Waals surface area contributed by atoms with Crippen LogP contribution in [0.25, 0.3) is 5.57 Å². The fourth-order valence-electron chi connectivity index (χ4n) is 6.87. The van der Waals surface area contributed by atoms with E-state index in [4.69, 9.17) is 5.10 Å². The summed E-state index contributed by atoms with van der Waals surface area (Å²) in [5.74, 6) is 0.728. The van der Waals surface area contributed by atoms with E-state index in [1.165, 1.54) is 17.0 Å². The zero-order valence-electron chi connectivity index (χ0n) is 24.8. The number of nitrogens with zero attached hydrogens (tertiary/aromatic N) is 7. The van der Waals surface area contributed by atoms with Crippen molar-refractivity contribution in [1.29, 1.82) is 0 Å². The quantitative estimate of drug-likeness (QED) is 0.488. The van der Waals surface area contributed by atoms with Crippen molar-refractivity contribution in [2.45, 2.75) is 52.9 Å². The number of rotatable bonds is 5. The number of likely N-dealkylation sites (N-methyl/N-ethyl adjacent to an activating group) is 2. The highest BCUT2D eigenvalue weighted by Crippen LogP contribution is 2.40. The van der Waals surface area contributed by atoms with Crippen molar-refractivity contribution in [1.82, 2.24) is 29.1 Å². The van der Waals surface area contributed by atoms with Crippen molar-refractivity contribution < 1.29 is 9.90 Å². The number of anilines is 2. The Morgan fingerprint density at radius 3 is 2.74 bits per heavy atom. The average molecular weight is 567 g/mol. The molecule has 10 heteroatoms. The maximum Gasteiger partial charge on any atom is 0.275 e. The molecule has 0 saturated heterocycles. The molecule has 3 aliphatic heterocycles. The number of fused-ring (bicyclic) bond motifs is 4. The van der Waals surface area contributed by atoms with Crippen LogP contribution in [0.2, 0.25) is 0 Å². The van der Waals surface area contributed by atoms with Crippen LogP contribution in [0.1, 0.15) is 52.4 Å². The van der Waals surface area contributed by atoms with Gasteiger partial charge in [0, 0.05) is 74.1 Å². The minimum atomic E-state index is -0.220. The highest BCUT2D eigenvalue weighted by atomic mass is 16.3. The number of nitrogens with one attached hydrogen (secondary N) is 1. The molecule has 42 heavy (non-hydrogen) atoms. The molecule has 0 spiro atoms. The lowest BCUT2D eigenvalue weighted by molar-refractivity contribution is 0.0963. The van der Waals surface area contributed by atoms with E-state index in [9.17, 15) is 9.90 Å².